The van der Waals surface area contributed by atoms with E-state index in [1.807, 2.05) is 30.7 Å². The van der Waals surface area contributed by atoms with Gasteiger partial charge in [0.15, 0.2) is 6.19 Å². The topological polar surface area (TPSA) is 97.7 Å². The molecule has 11 heteroatoms. The third-order valence-electron chi connectivity index (χ3n) is 6.10. The second-order valence-electron chi connectivity index (χ2n) is 8.24. The number of fused-ring (bicyclic) bond motifs is 1. The lowest BCUT2D eigenvalue weighted by molar-refractivity contribution is 0.0737. The Bertz CT molecular complexity index is 1360. The predicted molar refractivity (Wildman–Crippen MR) is 119 cm³/mol. The number of rotatable bonds is 6. The summed E-state index contributed by atoms with van der Waals surface area (Å²) in [7, 11) is 0. The quantitative estimate of drug-likeness (QED) is 0.393. The zero-order valence-corrected chi connectivity index (χ0v) is 18.6. The highest BCUT2D eigenvalue weighted by Gasteiger charge is 2.27. The van der Waals surface area contributed by atoms with E-state index in [0.717, 1.165) is 23.0 Å². The van der Waals surface area contributed by atoms with Crippen molar-refractivity contribution in [3.63, 3.8) is 0 Å². The van der Waals surface area contributed by atoms with E-state index in [0.29, 0.717) is 35.6 Å². The molecule has 0 N–H and O–H groups in total. The van der Waals surface area contributed by atoms with Crippen LogP contribution in [0.25, 0.3) is 22.3 Å². The van der Waals surface area contributed by atoms with E-state index in [9.17, 15) is 8.78 Å². The minimum atomic E-state index is -2.77. The van der Waals surface area contributed by atoms with Crippen LogP contribution in [0.5, 0.6) is 5.75 Å². The molecule has 1 aliphatic rings. The van der Waals surface area contributed by atoms with Gasteiger partial charge in [0.1, 0.15) is 29.4 Å². The first-order chi connectivity index (χ1) is 16.5. The average molecular weight is 464 g/mol. The summed E-state index contributed by atoms with van der Waals surface area (Å²) in [5, 5.41) is 17.9. The summed E-state index contributed by atoms with van der Waals surface area (Å²) in [6.07, 6.45) is 5.25. The Morgan fingerprint density at radius 3 is 2.79 bits per heavy atom. The Morgan fingerprint density at radius 1 is 1.24 bits per heavy atom. The van der Waals surface area contributed by atoms with Crippen LogP contribution >= 0.6 is 0 Å². The van der Waals surface area contributed by atoms with Gasteiger partial charge in [-0.05, 0) is 44.5 Å². The summed E-state index contributed by atoms with van der Waals surface area (Å²) >= 11 is 0. The van der Waals surface area contributed by atoms with Gasteiger partial charge >= 0.3 is 6.55 Å². The molecule has 1 aromatic carbocycles. The second kappa shape index (κ2) is 8.70. The van der Waals surface area contributed by atoms with E-state index in [-0.39, 0.29) is 17.3 Å². The van der Waals surface area contributed by atoms with Crippen molar-refractivity contribution in [1.82, 2.24) is 34.4 Å². The zero-order chi connectivity index (χ0) is 23.8. The van der Waals surface area contributed by atoms with Gasteiger partial charge in [-0.15, -0.1) is 5.10 Å². The molecule has 1 saturated heterocycles. The van der Waals surface area contributed by atoms with Crippen LogP contribution in [-0.4, -0.2) is 47.5 Å². The van der Waals surface area contributed by atoms with Gasteiger partial charge in [0.25, 0.3) is 0 Å². The molecule has 0 saturated carbocycles. The van der Waals surface area contributed by atoms with E-state index in [1.165, 1.54) is 0 Å². The minimum absolute atomic E-state index is 0.0440. The van der Waals surface area contributed by atoms with Crippen molar-refractivity contribution in [3.05, 3.63) is 54.2 Å². The molecular formula is C23H22F2N8O. The maximum atomic E-state index is 13.7. The highest BCUT2D eigenvalue weighted by molar-refractivity contribution is 5.87. The highest BCUT2D eigenvalue weighted by Crippen LogP contribution is 2.37. The molecule has 2 atom stereocenters. The van der Waals surface area contributed by atoms with Crippen LogP contribution in [0.2, 0.25) is 0 Å². The Morgan fingerprint density at radius 2 is 2.09 bits per heavy atom. The normalized spacial score (nSPS) is 16.8. The lowest BCUT2D eigenvalue weighted by atomic mass is 10.1. The third kappa shape index (κ3) is 3.81. The maximum absolute atomic E-state index is 13.7. The van der Waals surface area contributed by atoms with Crippen LogP contribution in [0.3, 0.4) is 0 Å². The largest absolute Gasteiger partial charge is 0.482 e. The molecule has 5 rings (SSSR count). The fourth-order valence-corrected chi connectivity index (χ4v) is 4.36. The van der Waals surface area contributed by atoms with Crippen LogP contribution in [0.1, 0.15) is 43.4 Å². The number of nitrogens with zero attached hydrogens (tertiary/aromatic N) is 8. The number of likely N-dealkylation sites (tertiary alicyclic amines) is 1. The molecule has 174 valence electrons. The summed E-state index contributed by atoms with van der Waals surface area (Å²) in [5.74, 6) is 0.258. The van der Waals surface area contributed by atoms with Crippen LogP contribution < -0.4 is 4.74 Å². The molecule has 34 heavy (non-hydrogen) atoms. The van der Waals surface area contributed by atoms with Crippen LogP contribution in [0.4, 0.5) is 8.78 Å². The number of nitriles is 1. The molecule has 9 nitrogen and oxygen atoms in total. The van der Waals surface area contributed by atoms with Crippen molar-refractivity contribution in [2.75, 3.05) is 13.1 Å². The van der Waals surface area contributed by atoms with E-state index in [4.69, 9.17) is 10.00 Å². The molecule has 1 aliphatic heterocycles. The molecule has 2 unspecified atom stereocenters. The first-order valence-electron chi connectivity index (χ1n) is 10.9. The van der Waals surface area contributed by atoms with Crippen LogP contribution in [0.15, 0.2) is 42.9 Å². The van der Waals surface area contributed by atoms with E-state index >= 15 is 0 Å². The first kappa shape index (κ1) is 21.8. The van der Waals surface area contributed by atoms with Crippen molar-refractivity contribution in [1.29, 1.82) is 5.26 Å². The van der Waals surface area contributed by atoms with Gasteiger partial charge in [-0.3, -0.25) is 9.55 Å². The van der Waals surface area contributed by atoms with Gasteiger partial charge in [-0.1, -0.05) is 11.3 Å². The molecule has 0 bridgehead atoms. The highest BCUT2D eigenvalue weighted by atomic mass is 19.3. The Hall–Kier alpha value is -4.07. The summed E-state index contributed by atoms with van der Waals surface area (Å²) in [5.41, 5.74) is 3.34. The number of aromatic nitrogens is 6. The zero-order valence-electron chi connectivity index (χ0n) is 18.6. The molecule has 4 heterocycles. The molecule has 3 aromatic heterocycles. The molecule has 1 fully saturated rings. The number of halogens is 2. The molecule has 0 amide bonds. The van der Waals surface area contributed by atoms with Gasteiger partial charge in [0.2, 0.25) is 0 Å². The predicted octanol–water partition coefficient (Wildman–Crippen LogP) is 4.26. The molecule has 0 aliphatic carbocycles. The maximum Gasteiger partial charge on any atom is 0.320 e. The molecular weight excluding hydrogens is 442 g/mol. The summed E-state index contributed by atoms with van der Waals surface area (Å²) in [6, 6.07) is 8.91. The fraction of sp³-hybridized carbons (Fsp3) is 0.348. The first-order valence-corrected chi connectivity index (χ1v) is 10.9. The van der Waals surface area contributed by atoms with Crippen molar-refractivity contribution in [2.24, 2.45) is 0 Å². The SMILES string of the molecule is Cc1c(-c2cc(OC(C)c3ccccn3)c3c(c2)ncn3C(F)F)nnn1C1CCN(C#N)C1. The van der Waals surface area contributed by atoms with E-state index < -0.39 is 12.7 Å². The van der Waals surface area contributed by atoms with Gasteiger partial charge in [0, 0.05) is 18.3 Å². The van der Waals surface area contributed by atoms with E-state index in [1.54, 1.807) is 29.3 Å². The Kier molecular flexibility index (Phi) is 5.57. The average Bonchev–Trinajstić information content (AvgIpc) is 3.57. The number of ether oxygens (including phenoxy) is 1. The number of imidazole rings is 1. The number of benzene rings is 1. The molecule has 4 aromatic rings. The number of hydrogen-bond donors (Lipinski definition) is 0. The van der Waals surface area contributed by atoms with Gasteiger partial charge in [-0.25, -0.2) is 9.67 Å². The van der Waals surface area contributed by atoms with Crippen molar-refractivity contribution in [3.8, 4) is 23.2 Å². The molecule has 0 radical (unpaired) electrons. The van der Waals surface area contributed by atoms with Gasteiger partial charge in [0.05, 0.1) is 29.5 Å². The lowest BCUT2D eigenvalue weighted by Gasteiger charge is -2.17. The van der Waals surface area contributed by atoms with Crippen LogP contribution in [0, 0.1) is 18.4 Å². The van der Waals surface area contributed by atoms with Crippen molar-refractivity contribution < 1.29 is 13.5 Å². The number of pyridine rings is 1. The lowest BCUT2D eigenvalue weighted by Crippen LogP contribution is -2.17. The van der Waals surface area contributed by atoms with Gasteiger partial charge in [-0.2, -0.15) is 14.0 Å². The van der Waals surface area contributed by atoms with Crippen molar-refractivity contribution >= 4 is 11.0 Å². The smallest absolute Gasteiger partial charge is 0.320 e. The fourth-order valence-electron chi connectivity index (χ4n) is 4.36. The Labute approximate surface area is 194 Å². The standard InChI is InChI=1S/C23H22F2N8O/c1-14-21(29-30-33(14)17-6-8-31(11-17)12-26)16-9-19-22(32(13-28-19)23(24)25)20(10-16)34-15(2)18-5-3-4-7-27-18/h3-5,7,9-10,13,15,17,23H,6,8,11H2,1-2H3. The second-order valence-corrected chi connectivity index (χ2v) is 8.24. The monoisotopic (exact) mass is 464 g/mol. The Balaban J connectivity index is 1.56. The van der Waals surface area contributed by atoms with Crippen LogP contribution in [-0.2, 0) is 0 Å². The van der Waals surface area contributed by atoms with Gasteiger partial charge < -0.3 is 9.64 Å². The molecule has 0 spiro atoms. The number of hydrogen-bond acceptors (Lipinski definition) is 7. The summed E-state index contributed by atoms with van der Waals surface area (Å²) in [6.45, 7) is 2.21. The van der Waals surface area contributed by atoms with E-state index in [2.05, 4.69) is 26.5 Å². The third-order valence-corrected chi connectivity index (χ3v) is 6.10. The summed E-state index contributed by atoms with van der Waals surface area (Å²) in [4.78, 5) is 10.2. The number of alkyl halides is 2. The van der Waals surface area contributed by atoms with Crippen molar-refractivity contribution in [2.45, 2.75) is 39.0 Å². The minimum Gasteiger partial charge on any atom is -0.482 e. The summed E-state index contributed by atoms with van der Waals surface area (Å²) < 4.78 is 36.2.